The number of rotatable bonds is 3. The average Bonchev–Trinajstić information content (AvgIpc) is 3.51. The lowest BCUT2D eigenvalue weighted by Gasteiger charge is -2.13. The van der Waals surface area contributed by atoms with Crippen molar-refractivity contribution in [3.8, 4) is 23.0 Å². The van der Waals surface area contributed by atoms with Crippen LogP contribution in [0.3, 0.4) is 0 Å². The van der Waals surface area contributed by atoms with Crippen molar-refractivity contribution in [1.82, 2.24) is 24.1 Å². The van der Waals surface area contributed by atoms with E-state index in [1.165, 1.54) is 21.5 Å². The molecule has 0 amide bonds. The Balaban J connectivity index is 1.51. The molecule has 4 aromatic heterocycles. The van der Waals surface area contributed by atoms with Gasteiger partial charge in [-0.3, -0.25) is 14.1 Å². The summed E-state index contributed by atoms with van der Waals surface area (Å²) in [5.41, 5.74) is 6.13. The lowest BCUT2D eigenvalue weighted by Crippen LogP contribution is -2.07. The molecule has 38 heavy (non-hydrogen) atoms. The maximum absolute atomic E-state index is 5.24. The van der Waals surface area contributed by atoms with E-state index >= 15 is 0 Å². The highest BCUT2D eigenvalue weighted by molar-refractivity contribution is 6.10. The molecule has 0 radical (unpaired) electrons. The van der Waals surface area contributed by atoms with Crippen molar-refractivity contribution in [3.63, 3.8) is 0 Å². The molecule has 8 aromatic rings. The molecule has 178 valence electrons. The molecule has 0 fully saturated rings. The summed E-state index contributed by atoms with van der Waals surface area (Å²) in [6, 6.07) is 39.9. The van der Waals surface area contributed by atoms with Crippen molar-refractivity contribution in [3.05, 3.63) is 128 Å². The van der Waals surface area contributed by atoms with Crippen molar-refractivity contribution in [2.75, 3.05) is 0 Å². The minimum Gasteiger partial charge on any atom is -0.294 e. The van der Waals surface area contributed by atoms with Crippen molar-refractivity contribution < 1.29 is 0 Å². The van der Waals surface area contributed by atoms with Gasteiger partial charge < -0.3 is 0 Å². The molecule has 0 atom stereocenters. The van der Waals surface area contributed by atoms with E-state index in [4.69, 9.17) is 9.97 Å². The van der Waals surface area contributed by atoms with Crippen LogP contribution in [-0.4, -0.2) is 24.1 Å². The third-order valence-corrected chi connectivity index (χ3v) is 7.25. The summed E-state index contributed by atoms with van der Waals surface area (Å²) in [6.07, 6.45) is 3.64. The van der Waals surface area contributed by atoms with Crippen molar-refractivity contribution >= 4 is 43.6 Å². The van der Waals surface area contributed by atoms with E-state index in [1.807, 2.05) is 18.3 Å². The summed E-state index contributed by atoms with van der Waals surface area (Å²) in [4.78, 5) is 14.7. The second-order valence-corrected chi connectivity index (χ2v) is 9.39. The van der Waals surface area contributed by atoms with Crippen LogP contribution >= 0.6 is 0 Å². The highest BCUT2D eigenvalue weighted by Crippen LogP contribution is 2.34. The molecular weight excluding hydrogens is 466 g/mol. The van der Waals surface area contributed by atoms with E-state index in [1.54, 1.807) is 6.20 Å². The van der Waals surface area contributed by atoms with Crippen molar-refractivity contribution in [2.45, 2.75) is 0 Å². The highest BCUT2D eigenvalue weighted by atomic mass is 15.2. The zero-order valence-corrected chi connectivity index (χ0v) is 20.4. The largest absolute Gasteiger partial charge is 0.294 e. The van der Waals surface area contributed by atoms with Gasteiger partial charge in [0.1, 0.15) is 5.82 Å². The fourth-order valence-electron chi connectivity index (χ4n) is 5.61. The number of fused-ring (bicyclic) bond motifs is 6. The van der Waals surface area contributed by atoms with Crippen LogP contribution in [0.2, 0.25) is 0 Å². The number of benzene rings is 4. The molecule has 0 spiro atoms. The van der Waals surface area contributed by atoms with Gasteiger partial charge in [0.05, 0.1) is 27.8 Å². The second kappa shape index (κ2) is 8.11. The van der Waals surface area contributed by atoms with Crippen molar-refractivity contribution in [1.29, 1.82) is 0 Å². The molecule has 0 bridgehead atoms. The molecule has 5 nitrogen and oxygen atoms in total. The number of hydrogen-bond donors (Lipinski definition) is 0. The summed E-state index contributed by atoms with van der Waals surface area (Å²) >= 11 is 0. The fraction of sp³-hybridized carbons (Fsp3) is 0. The van der Waals surface area contributed by atoms with Crippen LogP contribution in [0.5, 0.6) is 0 Å². The molecule has 4 aromatic carbocycles. The smallest absolute Gasteiger partial charge is 0.237 e. The first kappa shape index (κ1) is 20.9. The first-order valence-electron chi connectivity index (χ1n) is 12.6. The van der Waals surface area contributed by atoms with Gasteiger partial charge in [0.2, 0.25) is 5.95 Å². The van der Waals surface area contributed by atoms with Crippen LogP contribution in [0.25, 0.3) is 66.6 Å². The van der Waals surface area contributed by atoms with E-state index in [9.17, 15) is 0 Å². The van der Waals surface area contributed by atoms with Crippen LogP contribution in [-0.2, 0) is 0 Å². The topological polar surface area (TPSA) is 48.5 Å². The first-order chi connectivity index (χ1) is 18.9. The lowest BCUT2D eigenvalue weighted by atomic mass is 10.2. The quantitative estimate of drug-likeness (QED) is 0.256. The summed E-state index contributed by atoms with van der Waals surface area (Å²) in [7, 11) is 0. The van der Waals surface area contributed by atoms with Gasteiger partial charge in [-0.05, 0) is 36.4 Å². The Hall–Kier alpha value is -5.29. The molecule has 0 unspecified atom stereocenters. The average molecular weight is 488 g/mol. The number of hydrogen-bond acceptors (Lipinski definition) is 3. The third kappa shape index (κ3) is 3.02. The minimum absolute atomic E-state index is 0.626. The van der Waals surface area contributed by atoms with Gasteiger partial charge in [0.25, 0.3) is 0 Å². The number of para-hydroxylation sites is 4. The SMILES string of the molecule is c1cncc(-c2cc(-n3c4ccccc4c4ccccc43)nc(-n3c4ccccc4c4ccccc43)n2)c1. The van der Waals surface area contributed by atoms with Gasteiger partial charge in [-0.25, -0.2) is 4.98 Å². The lowest BCUT2D eigenvalue weighted by molar-refractivity contribution is 0.951. The summed E-state index contributed by atoms with van der Waals surface area (Å²) in [6.45, 7) is 0. The van der Waals surface area contributed by atoms with E-state index in [0.29, 0.717) is 5.95 Å². The van der Waals surface area contributed by atoms with Crippen LogP contribution < -0.4 is 0 Å². The third-order valence-electron chi connectivity index (χ3n) is 7.25. The Kier molecular flexibility index (Phi) is 4.45. The monoisotopic (exact) mass is 487 g/mol. The molecule has 0 aliphatic carbocycles. The van der Waals surface area contributed by atoms with Crippen LogP contribution in [0.1, 0.15) is 0 Å². The van der Waals surface area contributed by atoms with E-state index in [-0.39, 0.29) is 0 Å². The van der Waals surface area contributed by atoms with Gasteiger partial charge in [-0.2, -0.15) is 4.98 Å². The zero-order chi connectivity index (χ0) is 25.1. The predicted octanol–water partition coefficient (Wildman–Crippen LogP) is 7.73. The Morgan fingerprint density at radius 3 is 1.47 bits per heavy atom. The van der Waals surface area contributed by atoms with Gasteiger partial charge in [0.15, 0.2) is 0 Å². The molecule has 0 aliphatic heterocycles. The van der Waals surface area contributed by atoms with E-state index in [0.717, 1.165) is 39.1 Å². The first-order valence-corrected chi connectivity index (χ1v) is 12.6. The van der Waals surface area contributed by atoms with Gasteiger partial charge in [-0.15, -0.1) is 0 Å². The molecular formula is C33H21N5. The Morgan fingerprint density at radius 2 is 0.974 bits per heavy atom. The Bertz CT molecular complexity index is 1900. The highest BCUT2D eigenvalue weighted by Gasteiger charge is 2.19. The van der Waals surface area contributed by atoms with Crippen molar-refractivity contribution in [2.24, 2.45) is 0 Å². The molecule has 8 rings (SSSR count). The molecule has 0 saturated heterocycles. The van der Waals surface area contributed by atoms with Crippen LogP contribution in [0.15, 0.2) is 128 Å². The molecule has 0 N–H and O–H groups in total. The molecule has 0 aliphatic rings. The van der Waals surface area contributed by atoms with E-state index in [2.05, 4.69) is 117 Å². The minimum atomic E-state index is 0.626. The van der Waals surface area contributed by atoms with Gasteiger partial charge >= 0.3 is 0 Å². The molecule has 5 heteroatoms. The summed E-state index contributed by atoms with van der Waals surface area (Å²) < 4.78 is 4.41. The molecule has 4 heterocycles. The molecule has 0 saturated carbocycles. The zero-order valence-electron chi connectivity index (χ0n) is 20.4. The predicted molar refractivity (Wildman–Crippen MR) is 154 cm³/mol. The second-order valence-electron chi connectivity index (χ2n) is 9.39. The van der Waals surface area contributed by atoms with Crippen LogP contribution in [0.4, 0.5) is 0 Å². The van der Waals surface area contributed by atoms with E-state index < -0.39 is 0 Å². The number of aromatic nitrogens is 5. The fourth-order valence-corrected chi connectivity index (χ4v) is 5.61. The maximum Gasteiger partial charge on any atom is 0.237 e. The number of nitrogens with zero attached hydrogens (tertiary/aromatic N) is 5. The van der Waals surface area contributed by atoms with Gasteiger partial charge in [0, 0.05) is 45.6 Å². The standard InChI is InChI=1S/C33H21N5/c1-5-15-28-23(11-1)24-12-2-6-16-29(24)37(28)32-20-27(22-10-9-19-34-21-22)35-33(36-32)38-30-17-7-3-13-25(30)26-14-4-8-18-31(26)38/h1-21H. The summed E-state index contributed by atoms with van der Waals surface area (Å²) in [5, 5.41) is 4.75. The van der Waals surface area contributed by atoms with Crippen LogP contribution in [0, 0.1) is 0 Å². The Labute approximate surface area is 218 Å². The Morgan fingerprint density at radius 1 is 0.474 bits per heavy atom. The van der Waals surface area contributed by atoms with Gasteiger partial charge in [-0.1, -0.05) is 72.8 Å². The number of pyridine rings is 1. The summed E-state index contributed by atoms with van der Waals surface area (Å²) in [5.74, 6) is 1.44. The normalized spacial score (nSPS) is 11.7. The maximum atomic E-state index is 5.24.